The van der Waals surface area contributed by atoms with Gasteiger partial charge in [0.1, 0.15) is 5.02 Å². The molecule has 1 aliphatic heterocycles. The van der Waals surface area contributed by atoms with E-state index in [1.165, 1.54) is 12.1 Å². The summed E-state index contributed by atoms with van der Waals surface area (Å²) in [7, 11) is -3.99. The second kappa shape index (κ2) is 11.5. The number of anilines is 1. The van der Waals surface area contributed by atoms with Crippen molar-refractivity contribution in [3.63, 3.8) is 0 Å². The molecule has 1 aromatic heterocycles. The van der Waals surface area contributed by atoms with Gasteiger partial charge < -0.3 is 9.26 Å². The number of rotatable bonds is 9. The molecule has 0 radical (unpaired) electrons. The van der Waals surface area contributed by atoms with Crippen molar-refractivity contribution in [2.45, 2.75) is 63.2 Å². The molecular formula is C25H30ClF3N4O4S. The van der Waals surface area contributed by atoms with Crippen molar-refractivity contribution >= 4 is 34.2 Å². The van der Waals surface area contributed by atoms with Crippen molar-refractivity contribution in [2.24, 2.45) is 4.99 Å². The van der Waals surface area contributed by atoms with Crippen molar-refractivity contribution in [2.75, 3.05) is 17.9 Å². The first-order valence-electron chi connectivity index (χ1n) is 11.7. The zero-order valence-corrected chi connectivity index (χ0v) is 23.0. The number of hydrogen-bond acceptors (Lipinski definition) is 7. The summed E-state index contributed by atoms with van der Waals surface area (Å²) in [5.74, 6) is 0.0621. The van der Waals surface area contributed by atoms with Crippen LogP contribution in [-0.2, 0) is 33.1 Å². The van der Waals surface area contributed by atoms with Gasteiger partial charge in [-0.25, -0.2) is 13.4 Å². The summed E-state index contributed by atoms with van der Waals surface area (Å²) in [6, 6.07) is 4.84. The molecule has 1 atom stereocenters. The number of halogens is 4. The van der Waals surface area contributed by atoms with E-state index in [9.17, 15) is 21.6 Å². The highest BCUT2D eigenvalue weighted by molar-refractivity contribution is 7.92. The highest BCUT2D eigenvalue weighted by atomic mass is 35.5. The summed E-state index contributed by atoms with van der Waals surface area (Å²) in [5.41, 5.74) is 1.42. The van der Waals surface area contributed by atoms with Gasteiger partial charge in [-0.1, -0.05) is 55.7 Å². The summed E-state index contributed by atoms with van der Waals surface area (Å²) in [5, 5.41) is 3.90. The molecule has 1 aromatic carbocycles. The average molecular weight is 575 g/mol. The maximum absolute atomic E-state index is 13.1. The van der Waals surface area contributed by atoms with Crippen LogP contribution in [0.5, 0.6) is 0 Å². The predicted molar refractivity (Wildman–Crippen MR) is 140 cm³/mol. The minimum absolute atomic E-state index is 0.0594. The molecule has 1 unspecified atom stereocenters. The van der Waals surface area contributed by atoms with Gasteiger partial charge in [0.15, 0.2) is 12.4 Å². The molecule has 3 rings (SSSR count). The number of aromatic nitrogens is 1. The lowest BCUT2D eigenvalue weighted by Gasteiger charge is -2.32. The lowest BCUT2D eigenvalue weighted by molar-refractivity contribution is -0.164. The van der Waals surface area contributed by atoms with Gasteiger partial charge in [0.2, 0.25) is 11.7 Å². The van der Waals surface area contributed by atoms with Crippen LogP contribution in [0.1, 0.15) is 44.6 Å². The minimum Gasteiger partial charge on any atom is -0.468 e. The topological polar surface area (TPSA) is 97.0 Å². The first-order valence-corrected chi connectivity index (χ1v) is 13.6. The van der Waals surface area contributed by atoms with E-state index in [-0.39, 0.29) is 27.7 Å². The number of fused-ring (bicyclic) bond motifs is 1. The van der Waals surface area contributed by atoms with Gasteiger partial charge in [-0.05, 0) is 49.4 Å². The van der Waals surface area contributed by atoms with E-state index in [2.05, 4.69) is 31.2 Å². The molecule has 0 saturated carbocycles. The number of sulfonamides is 1. The van der Waals surface area contributed by atoms with Crippen LogP contribution in [-0.4, -0.2) is 50.6 Å². The number of hydrogen-bond donors (Lipinski definition) is 1. The maximum Gasteiger partial charge on any atom is 0.422 e. The van der Waals surface area contributed by atoms with Crippen LogP contribution in [0.25, 0.3) is 0 Å². The van der Waals surface area contributed by atoms with Crippen LogP contribution >= 0.6 is 11.6 Å². The Morgan fingerprint density at radius 1 is 1.34 bits per heavy atom. The zero-order chi connectivity index (χ0) is 28.3. The third-order valence-corrected chi connectivity index (χ3v) is 7.51. The Labute approximate surface area is 225 Å². The van der Waals surface area contributed by atoms with Crippen LogP contribution < -0.4 is 4.72 Å². The molecule has 2 heterocycles. The molecule has 0 amide bonds. The lowest BCUT2D eigenvalue weighted by Crippen LogP contribution is -2.36. The molecular weight excluding hydrogens is 545 g/mol. The van der Waals surface area contributed by atoms with Crippen molar-refractivity contribution in [1.82, 2.24) is 10.1 Å². The Balaban J connectivity index is 1.71. The third-order valence-electron chi connectivity index (χ3n) is 5.82. The number of ether oxygens (including phenoxy) is 1. The molecule has 1 N–H and O–H groups in total. The van der Waals surface area contributed by atoms with Crippen molar-refractivity contribution in [3.05, 3.63) is 64.2 Å². The fourth-order valence-electron chi connectivity index (χ4n) is 3.79. The molecule has 0 bridgehead atoms. The number of benzene rings is 1. The van der Waals surface area contributed by atoms with Crippen LogP contribution in [0.4, 0.5) is 19.0 Å². The van der Waals surface area contributed by atoms with Crippen molar-refractivity contribution < 1.29 is 30.8 Å². The molecule has 0 spiro atoms. The minimum atomic E-state index is -4.47. The SMILES string of the molecule is C=N/C(=C\C=C\C(C)N1CCc2ccc(S(=O)(=O)Nc3noc(C(C)(C)C)c3Cl)cc2C1)OCC(F)(F)F. The van der Waals surface area contributed by atoms with Gasteiger partial charge in [-0.15, -0.1) is 0 Å². The number of aliphatic imine (C=N–C) groups is 1. The lowest BCUT2D eigenvalue weighted by atomic mass is 9.93. The molecule has 38 heavy (non-hydrogen) atoms. The molecule has 13 heteroatoms. The summed E-state index contributed by atoms with van der Waals surface area (Å²) < 4.78 is 75.5. The first-order chi connectivity index (χ1) is 17.6. The molecule has 0 saturated heterocycles. The van der Waals surface area contributed by atoms with Crippen molar-refractivity contribution in [1.29, 1.82) is 0 Å². The quantitative estimate of drug-likeness (QED) is 0.229. The van der Waals surface area contributed by atoms with E-state index < -0.39 is 28.2 Å². The van der Waals surface area contributed by atoms with Gasteiger partial charge in [-0.3, -0.25) is 9.62 Å². The summed E-state index contributed by atoms with van der Waals surface area (Å²) in [4.78, 5) is 5.62. The Morgan fingerprint density at radius 3 is 2.66 bits per heavy atom. The number of nitrogens with one attached hydrogen (secondary N) is 1. The second-order valence-corrected chi connectivity index (χ2v) is 11.9. The molecule has 1 aliphatic rings. The van der Waals surface area contributed by atoms with Crippen LogP contribution in [0, 0.1) is 0 Å². The normalized spacial score (nSPS) is 16.4. The van der Waals surface area contributed by atoms with E-state index in [1.807, 2.05) is 27.7 Å². The van der Waals surface area contributed by atoms with Crippen LogP contribution in [0.2, 0.25) is 5.02 Å². The van der Waals surface area contributed by atoms with E-state index in [1.54, 1.807) is 24.3 Å². The van der Waals surface area contributed by atoms with Gasteiger partial charge in [0.05, 0.1) is 4.90 Å². The summed E-state index contributed by atoms with van der Waals surface area (Å²) >= 11 is 6.31. The molecule has 2 aromatic rings. The fourth-order valence-corrected chi connectivity index (χ4v) is 5.30. The standard InChI is InChI=1S/C25H30ClF3N4O4S/c1-16(7-6-8-20(30-5)36-15-25(27,28)29)33-12-11-17-9-10-19(13-18(17)14-33)38(34,35)32-23-21(26)22(37-31-23)24(2,3)4/h6-10,13,16H,5,11-12,14-15H2,1-4H3,(H,31,32)/b7-6+,20-8+. The van der Waals surface area contributed by atoms with Gasteiger partial charge >= 0.3 is 6.18 Å². The van der Waals surface area contributed by atoms with Crippen LogP contribution in [0.3, 0.4) is 0 Å². The monoisotopic (exact) mass is 574 g/mol. The molecule has 0 aliphatic carbocycles. The maximum atomic E-state index is 13.1. The summed E-state index contributed by atoms with van der Waals surface area (Å²) in [6.07, 6.45) is 0.882. The number of nitrogens with zero attached hydrogens (tertiary/aromatic N) is 3. The highest BCUT2D eigenvalue weighted by Crippen LogP contribution is 2.35. The average Bonchev–Trinajstić information content (AvgIpc) is 3.19. The largest absolute Gasteiger partial charge is 0.468 e. The third kappa shape index (κ3) is 7.61. The molecule has 8 nitrogen and oxygen atoms in total. The van der Waals surface area contributed by atoms with E-state index in [0.29, 0.717) is 25.3 Å². The zero-order valence-electron chi connectivity index (χ0n) is 21.5. The van der Waals surface area contributed by atoms with E-state index in [0.717, 1.165) is 11.1 Å². The Bertz CT molecular complexity index is 1330. The smallest absolute Gasteiger partial charge is 0.422 e. The van der Waals surface area contributed by atoms with E-state index in [4.69, 9.17) is 16.1 Å². The highest BCUT2D eigenvalue weighted by Gasteiger charge is 2.30. The van der Waals surface area contributed by atoms with Crippen LogP contribution in [0.15, 0.2) is 56.7 Å². The van der Waals surface area contributed by atoms with Crippen molar-refractivity contribution in [3.8, 4) is 0 Å². The Kier molecular flexibility index (Phi) is 9.00. The Morgan fingerprint density at radius 2 is 2.05 bits per heavy atom. The first kappa shape index (κ1) is 29.7. The molecule has 0 fully saturated rings. The van der Waals surface area contributed by atoms with E-state index >= 15 is 0 Å². The predicted octanol–water partition coefficient (Wildman–Crippen LogP) is 5.85. The number of allylic oxidation sites excluding steroid dienone is 2. The second-order valence-electron chi connectivity index (χ2n) is 9.87. The Hall–Kier alpha value is -2.83. The number of alkyl halides is 3. The van der Waals surface area contributed by atoms with Gasteiger partial charge in [0.25, 0.3) is 10.0 Å². The van der Waals surface area contributed by atoms with Gasteiger partial charge in [-0.2, -0.15) is 13.2 Å². The molecule has 208 valence electrons. The summed E-state index contributed by atoms with van der Waals surface area (Å²) in [6.45, 7) is 10.5. The fraction of sp³-hybridized carbons (Fsp3) is 0.440. The van der Waals surface area contributed by atoms with Gasteiger partial charge in [0, 0.05) is 24.5 Å².